The SMILES string of the molecule is CCCCCCCCCCCC(=O)OCCOP(=O)(O)O. The maximum Gasteiger partial charge on any atom is 0.469 e. The van der Waals surface area contributed by atoms with E-state index in [2.05, 4.69) is 11.4 Å². The first-order chi connectivity index (χ1) is 9.95. The predicted octanol–water partition coefficient (Wildman–Crippen LogP) is 3.56. The van der Waals surface area contributed by atoms with E-state index in [0.29, 0.717) is 6.42 Å². The molecule has 0 rings (SSSR count). The van der Waals surface area contributed by atoms with E-state index in [9.17, 15) is 9.36 Å². The number of hydrogen-bond donors (Lipinski definition) is 2. The smallest absolute Gasteiger partial charge is 0.463 e. The quantitative estimate of drug-likeness (QED) is 0.288. The van der Waals surface area contributed by atoms with Gasteiger partial charge in [-0.15, -0.1) is 0 Å². The molecule has 6 nitrogen and oxygen atoms in total. The summed E-state index contributed by atoms with van der Waals surface area (Å²) in [6, 6.07) is 0. The molecule has 0 fully saturated rings. The Morgan fingerprint density at radius 2 is 1.43 bits per heavy atom. The monoisotopic (exact) mass is 324 g/mol. The molecule has 0 atom stereocenters. The molecule has 126 valence electrons. The predicted molar refractivity (Wildman–Crippen MR) is 80.8 cm³/mol. The van der Waals surface area contributed by atoms with Crippen molar-refractivity contribution in [2.75, 3.05) is 13.2 Å². The summed E-state index contributed by atoms with van der Waals surface area (Å²) in [5.74, 6) is -0.341. The number of hydrogen-bond acceptors (Lipinski definition) is 4. The Labute approximate surface area is 127 Å². The largest absolute Gasteiger partial charge is 0.469 e. The number of carbonyl (C=O) groups excluding carboxylic acids is 1. The van der Waals surface area contributed by atoms with E-state index in [1.807, 2.05) is 0 Å². The van der Waals surface area contributed by atoms with Gasteiger partial charge in [-0.1, -0.05) is 58.3 Å². The van der Waals surface area contributed by atoms with Crippen LogP contribution in [-0.4, -0.2) is 29.0 Å². The van der Waals surface area contributed by atoms with Crippen LogP contribution < -0.4 is 0 Å². The summed E-state index contributed by atoms with van der Waals surface area (Å²) in [6.45, 7) is 1.80. The lowest BCUT2D eigenvalue weighted by Crippen LogP contribution is -2.09. The minimum Gasteiger partial charge on any atom is -0.463 e. The van der Waals surface area contributed by atoms with Crippen molar-refractivity contribution in [2.24, 2.45) is 0 Å². The van der Waals surface area contributed by atoms with Crippen LogP contribution in [-0.2, 0) is 18.6 Å². The van der Waals surface area contributed by atoms with E-state index in [1.165, 1.54) is 38.5 Å². The molecule has 0 spiro atoms. The first kappa shape index (κ1) is 20.6. The highest BCUT2D eigenvalue weighted by Gasteiger charge is 2.13. The van der Waals surface area contributed by atoms with Gasteiger partial charge in [0.2, 0.25) is 0 Å². The molecule has 0 heterocycles. The highest BCUT2D eigenvalue weighted by molar-refractivity contribution is 7.46. The molecule has 0 aromatic heterocycles. The van der Waals surface area contributed by atoms with Gasteiger partial charge in [-0.05, 0) is 6.42 Å². The maximum absolute atomic E-state index is 11.3. The van der Waals surface area contributed by atoms with Crippen LogP contribution in [0.1, 0.15) is 71.1 Å². The van der Waals surface area contributed by atoms with E-state index in [1.54, 1.807) is 0 Å². The Bertz CT molecular complexity index is 302. The Kier molecular flexibility index (Phi) is 13.0. The third-order valence-corrected chi connectivity index (χ3v) is 3.61. The Balaban J connectivity index is 3.25. The number of phosphoric acid groups is 1. The number of phosphoric ester groups is 1. The first-order valence-electron chi connectivity index (χ1n) is 7.81. The van der Waals surface area contributed by atoms with Gasteiger partial charge in [-0.25, -0.2) is 4.57 Å². The summed E-state index contributed by atoms with van der Waals surface area (Å²) < 4.78 is 19.3. The zero-order chi connectivity index (χ0) is 16.0. The molecule has 7 heteroatoms. The number of carbonyl (C=O) groups is 1. The molecule has 0 aliphatic heterocycles. The molecule has 2 N–H and O–H groups in total. The fourth-order valence-electron chi connectivity index (χ4n) is 1.96. The van der Waals surface area contributed by atoms with Crippen molar-refractivity contribution in [3.63, 3.8) is 0 Å². The van der Waals surface area contributed by atoms with Gasteiger partial charge in [0.05, 0.1) is 6.61 Å². The van der Waals surface area contributed by atoms with Gasteiger partial charge in [-0.2, -0.15) is 0 Å². The maximum atomic E-state index is 11.3. The molecular formula is C14H29O6P. The normalized spacial score (nSPS) is 11.6. The minimum absolute atomic E-state index is 0.124. The third-order valence-electron chi connectivity index (χ3n) is 3.09. The molecule has 0 aliphatic rings. The summed E-state index contributed by atoms with van der Waals surface area (Å²) in [4.78, 5) is 28.1. The average Bonchev–Trinajstić information content (AvgIpc) is 2.41. The van der Waals surface area contributed by atoms with Crippen molar-refractivity contribution in [3.8, 4) is 0 Å². The highest BCUT2D eigenvalue weighted by atomic mass is 31.2. The Hall–Kier alpha value is -0.420. The van der Waals surface area contributed by atoms with E-state index >= 15 is 0 Å². The van der Waals surface area contributed by atoms with Gasteiger partial charge in [0, 0.05) is 6.42 Å². The van der Waals surface area contributed by atoms with Gasteiger partial charge in [0.1, 0.15) is 6.61 Å². The van der Waals surface area contributed by atoms with Gasteiger partial charge < -0.3 is 14.5 Å². The van der Waals surface area contributed by atoms with Crippen LogP contribution in [0.5, 0.6) is 0 Å². The Morgan fingerprint density at radius 3 is 1.95 bits per heavy atom. The molecule has 0 aliphatic carbocycles. The molecule has 21 heavy (non-hydrogen) atoms. The molecule has 0 bridgehead atoms. The van der Waals surface area contributed by atoms with Crippen LogP contribution in [0.2, 0.25) is 0 Å². The van der Waals surface area contributed by atoms with Crippen LogP contribution in [0, 0.1) is 0 Å². The van der Waals surface area contributed by atoms with Gasteiger partial charge >= 0.3 is 13.8 Å². The molecule has 0 aromatic carbocycles. The summed E-state index contributed by atoms with van der Waals surface area (Å²) >= 11 is 0. The zero-order valence-electron chi connectivity index (χ0n) is 13.0. The zero-order valence-corrected chi connectivity index (χ0v) is 13.9. The second-order valence-corrected chi connectivity index (χ2v) is 6.36. The highest BCUT2D eigenvalue weighted by Crippen LogP contribution is 2.35. The topological polar surface area (TPSA) is 93.1 Å². The van der Waals surface area contributed by atoms with E-state index in [4.69, 9.17) is 14.5 Å². The minimum atomic E-state index is -4.46. The number of esters is 1. The van der Waals surface area contributed by atoms with Gasteiger partial charge in [0.25, 0.3) is 0 Å². The molecule has 0 radical (unpaired) electrons. The second-order valence-electron chi connectivity index (χ2n) is 5.12. The van der Waals surface area contributed by atoms with E-state index in [0.717, 1.165) is 19.3 Å². The lowest BCUT2D eigenvalue weighted by atomic mass is 10.1. The standard InChI is InChI=1S/C14H29O6P/c1-2-3-4-5-6-7-8-9-10-11-14(15)19-12-13-20-21(16,17)18/h2-13H2,1H3,(H2,16,17,18). The van der Waals surface area contributed by atoms with E-state index in [-0.39, 0.29) is 19.2 Å². The number of ether oxygens (including phenoxy) is 1. The van der Waals surface area contributed by atoms with Crippen molar-refractivity contribution in [1.29, 1.82) is 0 Å². The average molecular weight is 324 g/mol. The van der Waals surface area contributed by atoms with Crippen molar-refractivity contribution in [3.05, 3.63) is 0 Å². The lowest BCUT2D eigenvalue weighted by molar-refractivity contribution is -0.144. The van der Waals surface area contributed by atoms with Gasteiger partial charge in [0.15, 0.2) is 0 Å². The lowest BCUT2D eigenvalue weighted by Gasteiger charge is -2.06. The fourth-order valence-corrected chi connectivity index (χ4v) is 2.28. The molecule has 0 unspecified atom stereocenters. The summed E-state index contributed by atoms with van der Waals surface area (Å²) in [6.07, 6.45) is 11.0. The van der Waals surface area contributed by atoms with Crippen LogP contribution in [0.3, 0.4) is 0 Å². The molecule has 0 amide bonds. The van der Waals surface area contributed by atoms with Gasteiger partial charge in [-0.3, -0.25) is 9.32 Å². The molecule has 0 aromatic rings. The van der Waals surface area contributed by atoms with Crippen LogP contribution in [0.25, 0.3) is 0 Å². The van der Waals surface area contributed by atoms with Crippen LogP contribution in [0.4, 0.5) is 0 Å². The fraction of sp³-hybridized carbons (Fsp3) is 0.929. The van der Waals surface area contributed by atoms with Crippen molar-refractivity contribution in [2.45, 2.75) is 71.1 Å². The summed E-state index contributed by atoms with van der Waals surface area (Å²) in [7, 11) is -4.46. The molecular weight excluding hydrogens is 295 g/mol. The van der Waals surface area contributed by atoms with Crippen molar-refractivity contribution >= 4 is 13.8 Å². The van der Waals surface area contributed by atoms with Crippen molar-refractivity contribution < 1.29 is 28.4 Å². The Morgan fingerprint density at radius 1 is 0.905 bits per heavy atom. The van der Waals surface area contributed by atoms with Crippen molar-refractivity contribution in [1.82, 2.24) is 0 Å². The van der Waals surface area contributed by atoms with Crippen LogP contribution >= 0.6 is 7.82 Å². The molecule has 0 saturated carbocycles. The first-order valence-corrected chi connectivity index (χ1v) is 9.34. The van der Waals surface area contributed by atoms with E-state index < -0.39 is 7.82 Å². The number of unbranched alkanes of at least 4 members (excludes halogenated alkanes) is 8. The number of rotatable bonds is 14. The summed E-state index contributed by atoms with van der Waals surface area (Å²) in [5, 5.41) is 0. The van der Waals surface area contributed by atoms with Crippen LogP contribution in [0.15, 0.2) is 0 Å². The summed E-state index contributed by atoms with van der Waals surface area (Å²) in [5.41, 5.74) is 0. The third kappa shape index (κ3) is 17.5. The second kappa shape index (κ2) is 13.3. The molecule has 0 saturated heterocycles.